The normalized spacial score (nSPS) is 10.6. The highest BCUT2D eigenvalue weighted by Gasteiger charge is 2.05. The van der Waals surface area contributed by atoms with Gasteiger partial charge in [0, 0.05) is 14.7 Å². The third-order valence-corrected chi connectivity index (χ3v) is 2.72. The number of pyridine rings is 1. The molecule has 0 aromatic carbocycles. The van der Waals surface area contributed by atoms with Gasteiger partial charge < -0.3 is 4.98 Å². The zero-order chi connectivity index (χ0) is 9.42. The molecule has 66 valence electrons. The van der Waals surface area contributed by atoms with E-state index in [0.717, 1.165) is 26.6 Å². The van der Waals surface area contributed by atoms with Crippen LogP contribution >= 0.6 is 22.6 Å². The number of nitrogens with zero attached hydrogens (tertiary/aromatic N) is 1. The van der Waals surface area contributed by atoms with Gasteiger partial charge in [-0.05, 0) is 41.6 Å². The predicted octanol–water partition coefficient (Wildman–Crippen LogP) is 2.29. The van der Waals surface area contributed by atoms with E-state index in [2.05, 4.69) is 32.6 Å². The average Bonchev–Trinajstić information content (AvgIpc) is 2.47. The van der Waals surface area contributed by atoms with Crippen molar-refractivity contribution in [3.8, 4) is 0 Å². The number of fused-ring (bicyclic) bond motifs is 1. The third-order valence-electron chi connectivity index (χ3n) is 1.83. The first kappa shape index (κ1) is 8.68. The molecular formula is C9H7IN2O. The number of carbonyl (C=O) groups is 1. The molecule has 0 atom stereocenters. The zero-order valence-corrected chi connectivity index (χ0v) is 9.12. The summed E-state index contributed by atoms with van der Waals surface area (Å²) >= 11 is 2.24. The lowest BCUT2D eigenvalue weighted by Crippen LogP contribution is -1.84. The Bertz CT molecular complexity index is 476. The van der Waals surface area contributed by atoms with Gasteiger partial charge in [0.05, 0.1) is 5.69 Å². The highest BCUT2D eigenvalue weighted by atomic mass is 127. The summed E-state index contributed by atoms with van der Waals surface area (Å²) in [5.41, 5.74) is 2.31. The maximum atomic E-state index is 10.5. The van der Waals surface area contributed by atoms with Crippen LogP contribution in [0.5, 0.6) is 0 Å². The van der Waals surface area contributed by atoms with Crippen LogP contribution in [-0.4, -0.2) is 16.3 Å². The van der Waals surface area contributed by atoms with Crippen LogP contribution in [0.4, 0.5) is 0 Å². The van der Waals surface area contributed by atoms with Crippen LogP contribution in [0.25, 0.3) is 11.0 Å². The zero-order valence-electron chi connectivity index (χ0n) is 6.97. The van der Waals surface area contributed by atoms with Gasteiger partial charge in [-0.15, -0.1) is 0 Å². The van der Waals surface area contributed by atoms with Gasteiger partial charge in [-0.25, -0.2) is 4.98 Å². The van der Waals surface area contributed by atoms with Crippen LogP contribution in [0.2, 0.25) is 0 Å². The van der Waals surface area contributed by atoms with Crippen LogP contribution in [0.15, 0.2) is 12.1 Å². The van der Waals surface area contributed by atoms with Gasteiger partial charge in [-0.1, -0.05) is 0 Å². The largest absolute Gasteiger partial charge is 0.337 e. The van der Waals surface area contributed by atoms with Crippen LogP contribution in [0.3, 0.4) is 0 Å². The van der Waals surface area contributed by atoms with E-state index in [4.69, 9.17) is 0 Å². The number of aromatic nitrogens is 2. The molecule has 0 saturated carbocycles. The fraction of sp³-hybridized carbons (Fsp3) is 0.111. The van der Waals surface area contributed by atoms with Crippen molar-refractivity contribution >= 4 is 39.9 Å². The minimum Gasteiger partial charge on any atom is -0.337 e. The van der Waals surface area contributed by atoms with Gasteiger partial charge >= 0.3 is 0 Å². The number of aromatic amines is 1. The lowest BCUT2D eigenvalue weighted by Gasteiger charge is -1.95. The molecule has 0 aliphatic heterocycles. The van der Waals surface area contributed by atoms with Gasteiger partial charge in [0.25, 0.3) is 0 Å². The summed E-state index contributed by atoms with van der Waals surface area (Å²) in [7, 11) is 0. The number of nitrogens with one attached hydrogen (secondary N) is 1. The van der Waals surface area contributed by atoms with E-state index in [9.17, 15) is 4.79 Å². The Balaban J connectivity index is 2.82. The van der Waals surface area contributed by atoms with Crippen molar-refractivity contribution in [1.82, 2.24) is 9.97 Å². The number of halogens is 1. The molecule has 0 bridgehead atoms. The smallest absolute Gasteiger partial charge is 0.166 e. The number of hydrogen-bond donors (Lipinski definition) is 1. The molecule has 3 nitrogen and oxygen atoms in total. The number of H-pyrrole nitrogens is 1. The molecule has 0 aliphatic carbocycles. The van der Waals surface area contributed by atoms with Gasteiger partial charge in [0.1, 0.15) is 5.65 Å². The molecular weight excluding hydrogens is 279 g/mol. The van der Waals surface area contributed by atoms with Crippen molar-refractivity contribution in [1.29, 1.82) is 0 Å². The Morgan fingerprint density at radius 1 is 1.54 bits per heavy atom. The molecule has 2 aromatic heterocycles. The fourth-order valence-electron chi connectivity index (χ4n) is 1.27. The van der Waals surface area contributed by atoms with E-state index in [-0.39, 0.29) is 0 Å². The molecule has 0 radical (unpaired) electrons. The van der Waals surface area contributed by atoms with Gasteiger partial charge in [0.15, 0.2) is 6.29 Å². The molecule has 13 heavy (non-hydrogen) atoms. The molecule has 1 N–H and O–H groups in total. The average molecular weight is 286 g/mol. The summed E-state index contributed by atoms with van der Waals surface area (Å²) in [5, 5.41) is 1.01. The standard InChI is InChI=1S/C9H7IN2O/c1-5-2-8(10)7-3-6(4-13)12-9(7)11-5/h2-4H,1H3,(H,11,12). The number of aryl methyl sites for hydroxylation is 1. The number of rotatable bonds is 1. The van der Waals surface area contributed by atoms with Crippen LogP contribution in [0.1, 0.15) is 16.2 Å². The fourth-order valence-corrected chi connectivity index (χ4v) is 2.13. The Hall–Kier alpha value is -0.910. The number of carbonyl (C=O) groups excluding carboxylic acids is 1. The summed E-state index contributed by atoms with van der Waals surface area (Å²) < 4.78 is 1.12. The Morgan fingerprint density at radius 3 is 3.00 bits per heavy atom. The summed E-state index contributed by atoms with van der Waals surface area (Å²) in [4.78, 5) is 17.7. The molecule has 0 spiro atoms. The van der Waals surface area contributed by atoms with Crippen LogP contribution in [-0.2, 0) is 0 Å². The number of hydrogen-bond acceptors (Lipinski definition) is 2. The molecule has 0 amide bonds. The molecule has 2 rings (SSSR count). The molecule has 4 heteroatoms. The van der Waals surface area contributed by atoms with Crippen molar-refractivity contribution in [3.63, 3.8) is 0 Å². The Kier molecular flexibility index (Phi) is 2.07. The molecule has 2 aromatic rings. The van der Waals surface area contributed by atoms with E-state index in [1.807, 2.05) is 19.1 Å². The second kappa shape index (κ2) is 3.10. The van der Waals surface area contributed by atoms with Crippen molar-refractivity contribution in [2.75, 3.05) is 0 Å². The molecule has 0 aliphatic rings. The monoisotopic (exact) mass is 286 g/mol. The van der Waals surface area contributed by atoms with E-state index in [0.29, 0.717) is 5.69 Å². The lowest BCUT2D eigenvalue weighted by molar-refractivity contribution is 0.112. The molecule has 0 unspecified atom stereocenters. The Morgan fingerprint density at radius 2 is 2.31 bits per heavy atom. The van der Waals surface area contributed by atoms with E-state index in [1.54, 1.807) is 0 Å². The van der Waals surface area contributed by atoms with Crippen LogP contribution < -0.4 is 0 Å². The summed E-state index contributed by atoms with van der Waals surface area (Å²) in [5.74, 6) is 0. The van der Waals surface area contributed by atoms with Gasteiger partial charge in [0.2, 0.25) is 0 Å². The quantitative estimate of drug-likeness (QED) is 0.645. The molecule has 0 saturated heterocycles. The maximum Gasteiger partial charge on any atom is 0.166 e. The van der Waals surface area contributed by atoms with Crippen LogP contribution in [0, 0.1) is 10.5 Å². The molecule has 2 heterocycles. The van der Waals surface area contributed by atoms with E-state index in [1.165, 1.54) is 0 Å². The first-order chi connectivity index (χ1) is 6.20. The SMILES string of the molecule is Cc1cc(I)c2cc(C=O)[nH]c2n1. The number of aldehydes is 1. The topological polar surface area (TPSA) is 45.8 Å². The van der Waals surface area contributed by atoms with Gasteiger partial charge in [-0.2, -0.15) is 0 Å². The minimum atomic E-state index is 0.575. The second-order valence-electron chi connectivity index (χ2n) is 2.85. The highest BCUT2D eigenvalue weighted by Crippen LogP contribution is 2.20. The summed E-state index contributed by atoms with van der Waals surface area (Å²) in [6.45, 7) is 1.93. The van der Waals surface area contributed by atoms with E-state index < -0.39 is 0 Å². The predicted molar refractivity (Wildman–Crippen MR) is 58.9 cm³/mol. The third kappa shape index (κ3) is 1.46. The maximum absolute atomic E-state index is 10.5. The summed E-state index contributed by atoms with van der Waals surface area (Å²) in [6.07, 6.45) is 0.799. The minimum absolute atomic E-state index is 0.575. The second-order valence-corrected chi connectivity index (χ2v) is 4.01. The van der Waals surface area contributed by atoms with Crippen molar-refractivity contribution in [3.05, 3.63) is 27.1 Å². The van der Waals surface area contributed by atoms with Crippen molar-refractivity contribution in [2.24, 2.45) is 0 Å². The van der Waals surface area contributed by atoms with Gasteiger partial charge in [-0.3, -0.25) is 4.79 Å². The first-order valence-corrected chi connectivity index (χ1v) is 4.89. The highest BCUT2D eigenvalue weighted by molar-refractivity contribution is 14.1. The van der Waals surface area contributed by atoms with Crippen molar-refractivity contribution in [2.45, 2.75) is 6.92 Å². The molecule has 0 fully saturated rings. The first-order valence-electron chi connectivity index (χ1n) is 3.82. The lowest BCUT2D eigenvalue weighted by atomic mass is 10.3. The summed E-state index contributed by atoms with van der Waals surface area (Å²) in [6, 6.07) is 3.81. The van der Waals surface area contributed by atoms with E-state index >= 15 is 0 Å². The Labute approximate surface area is 88.7 Å². The van der Waals surface area contributed by atoms with Crippen molar-refractivity contribution < 1.29 is 4.79 Å².